The molecule has 0 aliphatic heterocycles. The summed E-state index contributed by atoms with van der Waals surface area (Å²) in [6, 6.07) is 60.2. The molecule has 0 aliphatic carbocycles. The molecule has 0 unspecified atom stereocenters. The summed E-state index contributed by atoms with van der Waals surface area (Å²) in [6.07, 6.45) is 0. The van der Waals surface area contributed by atoms with Crippen molar-refractivity contribution in [2.24, 2.45) is 0 Å². The highest BCUT2D eigenvalue weighted by Crippen LogP contribution is 2.45. The average Bonchev–Trinajstić information content (AvgIpc) is 3.85. The van der Waals surface area contributed by atoms with Crippen LogP contribution < -0.4 is 4.90 Å². The maximum absolute atomic E-state index is 6.44. The Kier molecular flexibility index (Phi) is 5.63. The van der Waals surface area contributed by atoms with E-state index >= 15 is 0 Å². The summed E-state index contributed by atoms with van der Waals surface area (Å²) in [5.74, 6) is 0. The van der Waals surface area contributed by atoms with Gasteiger partial charge in [-0.2, -0.15) is 0 Å². The number of rotatable bonds is 4. The second kappa shape index (κ2) is 10.4. The molecule has 0 spiro atoms. The molecule has 0 bridgehead atoms. The third-order valence-electron chi connectivity index (χ3n) is 10.2. The van der Waals surface area contributed by atoms with Gasteiger partial charge in [0.05, 0.1) is 16.7 Å². The molecule has 8 aromatic carbocycles. The molecule has 234 valence electrons. The topological polar surface area (TPSA) is 34.5 Å². The van der Waals surface area contributed by atoms with E-state index in [2.05, 4.69) is 155 Å². The van der Waals surface area contributed by atoms with E-state index in [1.807, 2.05) is 24.3 Å². The number of para-hydroxylation sites is 4. The predicted octanol–water partition coefficient (Wildman–Crippen LogP) is 13.2. The number of hydrogen-bond donors (Lipinski definition) is 0. The SMILES string of the molecule is c1ccc(-n2c3ccccc3c3cc(N(c4ccc5c(c4)oc4ccccc45)c4cccc5c4ccc4oc6ccccc6c45)ccc32)cc1. The first-order chi connectivity index (χ1) is 24.8. The lowest BCUT2D eigenvalue weighted by Crippen LogP contribution is -2.10. The van der Waals surface area contributed by atoms with E-state index in [4.69, 9.17) is 8.83 Å². The molecule has 3 heterocycles. The smallest absolute Gasteiger partial charge is 0.137 e. The molecule has 0 saturated carbocycles. The van der Waals surface area contributed by atoms with Crippen molar-refractivity contribution in [3.05, 3.63) is 170 Å². The molecule has 0 saturated heterocycles. The van der Waals surface area contributed by atoms with Crippen LogP contribution in [0.25, 0.3) is 82.1 Å². The van der Waals surface area contributed by atoms with Crippen molar-refractivity contribution >= 4 is 93.5 Å². The van der Waals surface area contributed by atoms with Crippen LogP contribution in [0, 0.1) is 0 Å². The first-order valence-corrected chi connectivity index (χ1v) is 16.9. The van der Waals surface area contributed by atoms with Crippen LogP contribution in [0.5, 0.6) is 0 Å². The van der Waals surface area contributed by atoms with Gasteiger partial charge >= 0.3 is 0 Å². The van der Waals surface area contributed by atoms with Gasteiger partial charge in [0.1, 0.15) is 22.3 Å². The van der Waals surface area contributed by atoms with Crippen molar-refractivity contribution in [2.45, 2.75) is 0 Å². The number of nitrogens with zero attached hydrogens (tertiary/aromatic N) is 2. The highest BCUT2D eigenvalue weighted by atomic mass is 16.3. The fraction of sp³-hybridized carbons (Fsp3) is 0. The van der Waals surface area contributed by atoms with Crippen LogP contribution in [-0.2, 0) is 0 Å². The predicted molar refractivity (Wildman–Crippen MR) is 208 cm³/mol. The number of anilines is 3. The molecular formula is C46H28N2O2. The first kappa shape index (κ1) is 27.2. The minimum absolute atomic E-state index is 0.860. The van der Waals surface area contributed by atoms with Crippen molar-refractivity contribution in [3.8, 4) is 5.69 Å². The van der Waals surface area contributed by atoms with Crippen LogP contribution in [-0.4, -0.2) is 4.57 Å². The van der Waals surface area contributed by atoms with Crippen LogP contribution in [0.15, 0.2) is 179 Å². The molecule has 11 rings (SSSR count). The third-order valence-corrected chi connectivity index (χ3v) is 10.2. The van der Waals surface area contributed by atoms with Crippen LogP contribution in [0.1, 0.15) is 0 Å². The summed E-state index contributed by atoms with van der Waals surface area (Å²) in [6.45, 7) is 0. The lowest BCUT2D eigenvalue weighted by Gasteiger charge is -2.27. The Morgan fingerprint density at radius 3 is 1.86 bits per heavy atom. The molecule has 0 amide bonds. The fourth-order valence-corrected chi connectivity index (χ4v) is 8.00. The van der Waals surface area contributed by atoms with E-state index in [-0.39, 0.29) is 0 Å². The molecule has 4 heteroatoms. The van der Waals surface area contributed by atoms with Crippen molar-refractivity contribution in [3.63, 3.8) is 0 Å². The van der Waals surface area contributed by atoms with Gasteiger partial charge in [-0.25, -0.2) is 0 Å². The Balaban J connectivity index is 1.21. The minimum atomic E-state index is 0.860. The summed E-state index contributed by atoms with van der Waals surface area (Å²) in [5.41, 5.74) is 10.2. The van der Waals surface area contributed by atoms with Gasteiger partial charge in [0, 0.05) is 60.8 Å². The van der Waals surface area contributed by atoms with Crippen LogP contribution >= 0.6 is 0 Å². The van der Waals surface area contributed by atoms with Gasteiger partial charge in [0.25, 0.3) is 0 Å². The molecule has 0 aliphatic rings. The Hall–Kier alpha value is -6.78. The number of fused-ring (bicyclic) bond motifs is 11. The molecule has 0 atom stereocenters. The Morgan fingerprint density at radius 2 is 0.980 bits per heavy atom. The zero-order chi connectivity index (χ0) is 32.8. The first-order valence-electron chi connectivity index (χ1n) is 16.9. The normalized spacial score (nSPS) is 12.0. The molecule has 11 aromatic rings. The van der Waals surface area contributed by atoms with Crippen molar-refractivity contribution in [1.82, 2.24) is 4.57 Å². The molecule has 0 fully saturated rings. The van der Waals surface area contributed by atoms with Crippen LogP contribution in [0.4, 0.5) is 17.1 Å². The summed E-state index contributed by atoms with van der Waals surface area (Å²) < 4.78 is 15.1. The van der Waals surface area contributed by atoms with E-state index in [9.17, 15) is 0 Å². The monoisotopic (exact) mass is 640 g/mol. The Labute approximate surface area is 286 Å². The summed E-state index contributed by atoms with van der Waals surface area (Å²) in [5, 5.41) is 9.19. The van der Waals surface area contributed by atoms with Gasteiger partial charge in [0.2, 0.25) is 0 Å². The molecule has 3 aromatic heterocycles. The van der Waals surface area contributed by atoms with Crippen molar-refractivity contribution < 1.29 is 8.83 Å². The molecule has 4 nitrogen and oxygen atoms in total. The highest BCUT2D eigenvalue weighted by molar-refractivity contribution is 6.21. The Bertz CT molecular complexity index is 3110. The van der Waals surface area contributed by atoms with Gasteiger partial charge in [-0.05, 0) is 84.2 Å². The van der Waals surface area contributed by atoms with E-state index < -0.39 is 0 Å². The maximum Gasteiger partial charge on any atom is 0.137 e. The average molecular weight is 641 g/mol. The number of hydrogen-bond acceptors (Lipinski definition) is 3. The third kappa shape index (κ3) is 3.87. The molecular weight excluding hydrogens is 613 g/mol. The standard InChI is InChI=1S/C46H28N2O2/c1-2-11-29(12-3-1)48-40-17-7-4-13-32(40)38-27-30(22-25-41(38)48)47(31-21-23-35-34-14-5-8-19-42(34)50-45(35)28-31)39-18-10-16-36-33(39)24-26-44-46(36)37-15-6-9-20-43(37)49-44/h1-28H. The fourth-order valence-electron chi connectivity index (χ4n) is 8.00. The maximum atomic E-state index is 6.44. The van der Waals surface area contributed by atoms with Crippen molar-refractivity contribution in [2.75, 3.05) is 4.90 Å². The van der Waals surface area contributed by atoms with Gasteiger partial charge < -0.3 is 18.3 Å². The minimum Gasteiger partial charge on any atom is -0.456 e. The summed E-state index contributed by atoms with van der Waals surface area (Å²) in [4.78, 5) is 2.37. The highest BCUT2D eigenvalue weighted by Gasteiger charge is 2.21. The molecule has 0 radical (unpaired) electrons. The van der Waals surface area contributed by atoms with Gasteiger partial charge in [0.15, 0.2) is 0 Å². The van der Waals surface area contributed by atoms with Crippen LogP contribution in [0.2, 0.25) is 0 Å². The zero-order valence-electron chi connectivity index (χ0n) is 26.9. The summed E-state index contributed by atoms with van der Waals surface area (Å²) in [7, 11) is 0. The second-order valence-electron chi connectivity index (χ2n) is 12.9. The second-order valence-corrected chi connectivity index (χ2v) is 12.9. The van der Waals surface area contributed by atoms with Crippen molar-refractivity contribution in [1.29, 1.82) is 0 Å². The molecule has 50 heavy (non-hydrogen) atoms. The van der Waals surface area contributed by atoms with E-state index in [1.54, 1.807) is 0 Å². The number of benzene rings is 8. The largest absolute Gasteiger partial charge is 0.456 e. The zero-order valence-corrected chi connectivity index (χ0v) is 26.9. The number of aromatic nitrogens is 1. The van der Waals surface area contributed by atoms with E-state index in [1.165, 1.54) is 21.8 Å². The van der Waals surface area contributed by atoms with E-state index in [0.29, 0.717) is 0 Å². The Morgan fingerprint density at radius 1 is 0.360 bits per heavy atom. The molecule has 0 N–H and O–H groups in total. The van der Waals surface area contributed by atoms with Gasteiger partial charge in [-0.3, -0.25) is 0 Å². The number of furan rings is 2. The lowest BCUT2D eigenvalue weighted by atomic mass is 10.0. The van der Waals surface area contributed by atoms with Crippen LogP contribution in [0.3, 0.4) is 0 Å². The van der Waals surface area contributed by atoms with E-state index in [0.717, 1.165) is 77.4 Å². The quantitative estimate of drug-likeness (QED) is 0.192. The summed E-state index contributed by atoms with van der Waals surface area (Å²) >= 11 is 0. The van der Waals surface area contributed by atoms with Gasteiger partial charge in [-0.15, -0.1) is 0 Å². The lowest BCUT2D eigenvalue weighted by molar-refractivity contribution is 0.668. The van der Waals surface area contributed by atoms with Gasteiger partial charge in [-0.1, -0.05) is 84.9 Å².